The van der Waals surface area contributed by atoms with Crippen molar-refractivity contribution in [3.8, 4) is 5.75 Å². The summed E-state index contributed by atoms with van der Waals surface area (Å²) in [6.07, 6.45) is 5.50. The van der Waals surface area contributed by atoms with E-state index in [9.17, 15) is 0 Å². The molecule has 126 valence electrons. The zero-order chi connectivity index (χ0) is 15.7. The van der Waals surface area contributed by atoms with Gasteiger partial charge in [0.05, 0.1) is 0 Å². The first-order valence-corrected chi connectivity index (χ1v) is 8.61. The molecule has 0 radical (unpaired) electrons. The van der Waals surface area contributed by atoms with Crippen LogP contribution in [0.3, 0.4) is 0 Å². The molecule has 2 aromatic carbocycles. The van der Waals surface area contributed by atoms with E-state index in [0.717, 1.165) is 38.1 Å². The van der Waals surface area contributed by atoms with Crippen molar-refractivity contribution in [2.45, 2.75) is 39.2 Å². The molecule has 2 heterocycles. The standard InChI is InChI=1S/C21H23NO.CH4/c1-2-16-7-9-17(10-8-16)19-15-21(11-13-22-14-12-21)23-20-6-4-3-5-18(19)20;/h3-10,15,22H,2,11-14H2,1H3;1H4. The third-order valence-electron chi connectivity index (χ3n) is 5.02. The smallest absolute Gasteiger partial charge is 0.130 e. The highest BCUT2D eigenvalue weighted by molar-refractivity contribution is 5.84. The average Bonchev–Trinajstić information content (AvgIpc) is 2.62. The number of aryl methyl sites for hydroxylation is 1. The highest BCUT2D eigenvalue weighted by Crippen LogP contribution is 2.42. The fourth-order valence-corrected chi connectivity index (χ4v) is 3.62. The maximum atomic E-state index is 6.44. The Kier molecular flexibility index (Phi) is 4.77. The lowest BCUT2D eigenvalue weighted by Gasteiger charge is -2.40. The highest BCUT2D eigenvalue weighted by Gasteiger charge is 2.36. The first-order chi connectivity index (χ1) is 11.3. The summed E-state index contributed by atoms with van der Waals surface area (Å²) in [7, 11) is 0. The van der Waals surface area contributed by atoms with E-state index in [4.69, 9.17) is 4.74 Å². The third-order valence-corrected chi connectivity index (χ3v) is 5.02. The van der Waals surface area contributed by atoms with Crippen molar-refractivity contribution in [1.29, 1.82) is 0 Å². The molecule has 0 aliphatic carbocycles. The van der Waals surface area contributed by atoms with Crippen LogP contribution in [0.4, 0.5) is 0 Å². The maximum Gasteiger partial charge on any atom is 0.130 e. The molecule has 4 rings (SSSR count). The van der Waals surface area contributed by atoms with Crippen LogP contribution in [0.1, 0.15) is 43.9 Å². The summed E-state index contributed by atoms with van der Waals surface area (Å²) in [5.41, 5.74) is 5.04. The molecule has 1 fully saturated rings. The van der Waals surface area contributed by atoms with Crippen molar-refractivity contribution in [2.75, 3.05) is 13.1 Å². The quantitative estimate of drug-likeness (QED) is 0.855. The Morgan fingerprint density at radius 2 is 1.71 bits per heavy atom. The van der Waals surface area contributed by atoms with Gasteiger partial charge in [0.1, 0.15) is 11.4 Å². The van der Waals surface area contributed by atoms with E-state index in [0.29, 0.717) is 0 Å². The van der Waals surface area contributed by atoms with Gasteiger partial charge in [-0.15, -0.1) is 0 Å². The topological polar surface area (TPSA) is 21.3 Å². The SMILES string of the molecule is C.CCc1ccc(C2=CC3(CCNCC3)Oc3ccccc32)cc1. The number of fused-ring (bicyclic) bond motifs is 1. The van der Waals surface area contributed by atoms with Gasteiger partial charge in [0.2, 0.25) is 0 Å². The Bertz CT molecular complexity index is 724. The number of rotatable bonds is 2. The zero-order valence-corrected chi connectivity index (χ0v) is 13.6. The predicted octanol–water partition coefficient (Wildman–Crippen LogP) is 4.83. The van der Waals surface area contributed by atoms with Crippen molar-refractivity contribution < 1.29 is 4.74 Å². The highest BCUT2D eigenvalue weighted by atomic mass is 16.5. The molecule has 1 N–H and O–H groups in total. The van der Waals surface area contributed by atoms with E-state index in [1.54, 1.807) is 0 Å². The van der Waals surface area contributed by atoms with Gasteiger partial charge in [-0.3, -0.25) is 0 Å². The van der Waals surface area contributed by atoms with Crippen LogP contribution in [0.5, 0.6) is 5.75 Å². The molecule has 1 saturated heterocycles. The normalized spacial score (nSPS) is 18.1. The number of hydrogen-bond acceptors (Lipinski definition) is 2. The molecule has 1 spiro atoms. The second-order valence-electron chi connectivity index (χ2n) is 6.52. The first-order valence-electron chi connectivity index (χ1n) is 8.61. The van der Waals surface area contributed by atoms with Gasteiger partial charge in [0.25, 0.3) is 0 Å². The van der Waals surface area contributed by atoms with Crippen molar-refractivity contribution in [3.05, 3.63) is 71.3 Å². The lowest BCUT2D eigenvalue weighted by atomic mass is 9.83. The van der Waals surface area contributed by atoms with E-state index in [2.05, 4.69) is 66.8 Å². The van der Waals surface area contributed by atoms with E-state index < -0.39 is 0 Å². The van der Waals surface area contributed by atoms with E-state index >= 15 is 0 Å². The van der Waals surface area contributed by atoms with Crippen LogP contribution in [-0.2, 0) is 6.42 Å². The summed E-state index contributed by atoms with van der Waals surface area (Å²) in [6.45, 7) is 4.23. The fraction of sp³-hybridized carbons (Fsp3) is 0.364. The average molecular weight is 321 g/mol. The molecule has 0 amide bonds. The van der Waals surface area contributed by atoms with E-state index in [1.165, 1.54) is 22.3 Å². The predicted molar refractivity (Wildman–Crippen MR) is 102 cm³/mol. The summed E-state index contributed by atoms with van der Waals surface area (Å²) in [5.74, 6) is 1.02. The van der Waals surface area contributed by atoms with Gasteiger partial charge in [0.15, 0.2) is 0 Å². The minimum Gasteiger partial charge on any atom is -0.482 e. The van der Waals surface area contributed by atoms with Gasteiger partial charge < -0.3 is 10.1 Å². The summed E-state index contributed by atoms with van der Waals surface area (Å²) < 4.78 is 6.44. The van der Waals surface area contributed by atoms with Crippen molar-refractivity contribution in [3.63, 3.8) is 0 Å². The fourth-order valence-electron chi connectivity index (χ4n) is 3.62. The van der Waals surface area contributed by atoms with Crippen molar-refractivity contribution in [1.82, 2.24) is 5.32 Å². The molecule has 2 nitrogen and oxygen atoms in total. The van der Waals surface area contributed by atoms with Crippen molar-refractivity contribution in [2.24, 2.45) is 0 Å². The molecule has 0 unspecified atom stereocenters. The van der Waals surface area contributed by atoms with Gasteiger partial charge in [-0.2, -0.15) is 0 Å². The molecule has 2 aromatic rings. The Balaban J connectivity index is 0.00000169. The molecular formula is C22H27NO. The third kappa shape index (κ3) is 2.99. The lowest BCUT2D eigenvalue weighted by molar-refractivity contribution is 0.0817. The summed E-state index contributed by atoms with van der Waals surface area (Å²) >= 11 is 0. The summed E-state index contributed by atoms with van der Waals surface area (Å²) in [5, 5.41) is 3.44. The second kappa shape index (κ2) is 6.82. The Morgan fingerprint density at radius 3 is 2.42 bits per heavy atom. The van der Waals surface area contributed by atoms with Gasteiger partial charge in [0, 0.05) is 18.4 Å². The second-order valence-corrected chi connectivity index (χ2v) is 6.52. The van der Waals surface area contributed by atoms with Crippen LogP contribution >= 0.6 is 0 Å². The number of ether oxygens (including phenoxy) is 1. The Morgan fingerprint density at radius 1 is 1.00 bits per heavy atom. The summed E-state index contributed by atoms with van der Waals surface area (Å²) in [4.78, 5) is 0. The van der Waals surface area contributed by atoms with Crippen LogP contribution < -0.4 is 10.1 Å². The lowest BCUT2D eigenvalue weighted by Crippen LogP contribution is -2.46. The maximum absolute atomic E-state index is 6.44. The van der Waals surface area contributed by atoms with Crippen LogP contribution in [0.15, 0.2) is 54.6 Å². The van der Waals surface area contributed by atoms with Gasteiger partial charge in [-0.1, -0.05) is 56.8 Å². The van der Waals surface area contributed by atoms with Crippen LogP contribution in [0.25, 0.3) is 5.57 Å². The van der Waals surface area contributed by atoms with Crippen LogP contribution in [-0.4, -0.2) is 18.7 Å². The largest absolute Gasteiger partial charge is 0.482 e. The number of piperidine rings is 1. The Hall–Kier alpha value is -2.06. The van der Waals surface area contributed by atoms with Crippen LogP contribution in [0.2, 0.25) is 0 Å². The zero-order valence-electron chi connectivity index (χ0n) is 13.6. The molecule has 0 bridgehead atoms. The monoisotopic (exact) mass is 321 g/mol. The number of para-hydroxylation sites is 1. The van der Waals surface area contributed by atoms with E-state index in [1.807, 2.05) is 0 Å². The molecule has 2 aliphatic heterocycles. The minimum absolute atomic E-state index is 0. The molecule has 0 atom stereocenters. The minimum atomic E-state index is -0.154. The molecule has 24 heavy (non-hydrogen) atoms. The number of nitrogens with one attached hydrogen (secondary N) is 1. The van der Waals surface area contributed by atoms with Gasteiger partial charge in [-0.25, -0.2) is 0 Å². The van der Waals surface area contributed by atoms with E-state index in [-0.39, 0.29) is 13.0 Å². The first kappa shape index (κ1) is 16.8. The van der Waals surface area contributed by atoms with Gasteiger partial charge >= 0.3 is 0 Å². The molecular weight excluding hydrogens is 294 g/mol. The Labute approximate surface area is 145 Å². The van der Waals surface area contributed by atoms with Crippen LogP contribution in [0, 0.1) is 0 Å². The summed E-state index contributed by atoms with van der Waals surface area (Å²) in [6, 6.07) is 17.4. The molecule has 2 aliphatic rings. The molecule has 0 saturated carbocycles. The molecule has 0 aromatic heterocycles. The van der Waals surface area contributed by atoms with Crippen molar-refractivity contribution >= 4 is 5.57 Å². The molecule has 2 heteroatoms. The number of benzene rings is 2. The van der Waals surface area contributed by atoms with Gasteiger partial charge in [-0.05, 0) is 48.4 Å². The number of hydrogen-bond donors (Lipinski definition) is 1.